The molecule has 0 radical (unpaired) electrons. The number of fused-ring (bicyclic) bond motifs is 2. The lowest BCUT2D eigenvalue weighted by molar-refractivity contribution is 0.0608. The number of rotatable bonds is 7. The summed E-state index contributed by atoms with van der Waals surface area (Å²) in [4.78, 5) is 15.4. The number of hydrogen-bond acceptors (Lipinski definition) is 4. The predicted molar refractivity (Wildman–Crippen MR) is 130 cm³/mol. The number of hydrogen-bond donors (Lipinski definition) is 1. The standard InChI is InChI=1S/C28H26N2O3/c1-32-18-17-30-27(29-24-14-8-7-13-23(24)28(30)31)26-22-12-6-5-11-21(22)15-16-25(26)33-19-20-9-3-2-4-10-20/h2-16,27,29H,17-19H2,1H3. The second kappa shape index (κ2) is 9.35. The molecule has 0 fully saturated rings. The van der Waals surface area contributed by atoms with E-state index in [1.807, 2.05) is 77.7 Å². The Morgan fingerprint density at radius 2 is 1.64 bits per heavy atom. The number of anilines is 1. The van der Waals surface area contributed by atoms with E-state index in [2.05, 4.69) is 23.5 Å². The first-order valence-electron chi connectivity index (χ1n) is 11.1. The average Bonchev–Trinajstić information content (AvgIpc) is 2.87. The van der Waals surface area contributed by atoms with Crippen molar-refractivity contribution in [3.05, 3.63) is 108 Å². The first-order chi connectivity index (χ1) is 16.3. The number of amides is 1. The van der Waals surface area contributed by atoms with Crippen LogP contribution in [0.4, 0.5) is 5.69 Å². The Balaban J connectivity index is 1.62. The van der Waals surface area contributed by atoms with Gasteiger partial charge in [-0.3, -0.25) is 4.79 Å². The van der Waals surface area contributed by atoms with Crippen molar-refractivity contribution in [3.8, 4) is 5.75 Å². The van der Waals surface area contributed by atoms with Crippen LogP contribution >= 0.6 is 0 Å². The van der Waals surface area contributed by atoms with E-state index in [1.54, 1.807) is 7.11 Å². The third kappa shape index (κ3) is 4.15. The monoisotopic (exact) mass is 438 g/mol. The molecule has 4 aromatic rings. The summed E-state index contributed by atoms with van der Waals surface area (Å²) in [5, 5.41) is 5.75. The van der Waals surface area contributed by atoms with Gasteiger partial charge >= 0.3 is 0 Å². The third-order valence-electron chi connectivity index (χ3n) is 6.00. The number of para-hydroxylation sites is 1. The molecule has 1 unspecified atom stereocenters. The second-order valence-corrected chi connectivity index (χ2v) is 8.06. The van der Waals surface area contributed by atoms with Crippen molar-refractivity contribution in [3.63, 3.8) is 0 Å². The van der Waals surface area contributed by atoms with Gasteiger partial charge in [0.2, 0.25) is 0 Å². The van der Waals surface area contributed by atoms with Crippen molar-refractivity contribution in [2.45, 2.75) is 12.8 Å². The summed E-state index contributed by atoms with van der Waals surface area (Å²) in [6.45, 7) is 1.35. The van der Waals surface area contributed by atoms with E-state index < -0.39 is 0 Å². The number of carbonyl (C=O) groups is 1. The number of carbonyl (C=O) groups excluding carboxylic acids is 1. The zero-order chi connectivity index (χ0) is 22.6. The Hall–Kier alpha value is -3.83. The zero-order valence-electron chi connectivity index (χ0n) is 18.5. The fraction of sp³-hybridized carbons (Fsp3) is 0.179. The van der Waals surface area contributed by atoms with Gasteiger partial charge in [-0.15, -0.1) is 0 Å². The minimum absolute atomic E-state index is 0.0201. The normalized spacial score (nSPS) is 15.2. The van der Waals surface area contributed by atoms with E-state index >= 15 is 0 Å². The number of methoxy groups -OCH3 is 1. The maximum absolute atomic E-state index is 13.5. The van der Waals surface area contributed by atoms with Crippen LogP contribution in [0.15, 0.2) is 91.0 Å². The van der Waals surface area contributed by atoms with Gasteiger partial charge in [-0.1, -0.05) is 72.8 Å². The maximum atomic E-state index is 13.5. The Labute approximate surface area is 193 Å². The molecule has 5 nitrogen and oxygen atoms in total. The molecule has 0 saturated heterocycles. The molecule has 1 aliphatic rings. The molecule has 1 heterocycles. The van der Waals surface area contributed by atoms with Gasteiger partial charge in [0, 0.05) is 24.9 Å². The summed E-state index contributed by atoms with van der Waals surface area (Å²) >= 11 is 0. The van der Waals surface area contributed by atoms with Crippen LogP contribution in [-0.4, -0.2) is 31.1 Å². The van der Waals surface area contributed by atoms with Crippen molar-refractivity contribution < 1.29 is 14.3 Å². The molecule has 33 heavy (non-hydrogen) atoms. The molecular weight excluding hydrogens is 412 g/mol. The van der Waals surface area contributed by atoms with E-state index in [9.17, 15) is 4.79 Å². The van der Waals surface area contributed by atoms with Crippen LogP contribution in [0.25, 0.3) is 10.8 Å². The number of benzene rings is 4. The van der Waals surface area contributed by atoms with Gasteiger partial charge in [0.25, 0.3) is 5.91 Å². The number of nitrogens with zero attached hydrogens (tertiary/aromatic N) is 1. The molecule has 0 aliphatic carbocycles. The van der Waals surface area contributed by atoms with E-state index in [-0.39, 0.29) is 12.1 Å². The fourth-order valence-corrected chi connectivity index (χ4v) is 4.36. The van der Waals surface area contributed by atoms with Crippen molar-refractivity contribution in [1.82, 2.24) is 4.90 Å². The Bertz CT molecular complexity index is 1270. The lowest BCUT2D eigenvalue weighted by atomic mass is 9.97. The van der Waals surface area contributed by atoms with Crippen molar-refractivity contribution in [2.24, 2.45) is 0 Å². The van der Waals surface area contributed by atoms with E-state index in [0.29, 0.717) is 25.3 Å². The highest BCUT2D eigenvalue weighted by Crippen LogP contribution is 2.40. The van der Waals surface area contributed by atoms with E-state index in [1.165, 1.54) is 0 Å². The van der Waals surface area contributed by atoms with Crippen molar-refractivity contribution >= 4 is 22.4 Å². The molecule has 1 atom stereocenters. The van der Waals surface area contributed by atoms with Crippen LogP contribution < -0.4 is 10.1 Å². The van der Waals surface area contributed by atoms with Gasteiger partial charge in [0.05, 0.1) is 12.2 Å². The molecular formula is C28H26N2O3. The average molecular weight is 439 g/mol. The highest BCUT2D eigenvalue weighted by Gasteiger charge is 2.35. The molecule has 0 aromatic heterocycles. The summed E-state index contributed by atoms with van der Waals surface area (Å²) in [7, 11) is 1.65. The summed E-state index contributed by atoms with van der Waals surface area (Å²) in [6, 6.07) is 30.0. The molecule has 5 heteroatoms. The van der Waals surface area contributed by atoms with Gasteiger partial charge in [-0.05, 0) is 34.5 Å². The molecule has 1 amide bonds. The number of nitrogens with one attached hydrogen (secondary N) is 1. The summed E-state index contributed by atoms with van der Waals surface area (Å²) in [6.07, 6.45) is -0.389. The molecule has 5 rings (SSSR count). The maximum Gasteiger partial charge on any atom is 0.257 e. The molecule has 4 aromatic carbocycles. The van der Waals surface area contributed by atoms with Gasteiger partial charge in [-0.2, -0.15) is 0 Å². The van der Waals surface area contributed by atoms with Gasteiger partial charge in [0.1, 0.15) is 18.5 Å². The quantitative estimate of drug-likeness (QED) is 0.406. The fourth-order valence-electron chi connectivity index (χ4n) is 4.36. The van der Waals surface area contributed by atoms with Crippen LogP contribution in [0.5, 0.6) is 5.75 Å². The minimum atomic E-state index is -0.389. The van der Waals surface area contributed by atoms with Crippen LogP contribution in [0, 0.1) is 0 Å². The largest absolute Gasteiger partial charge is 0.488 e. The predicted octanol–water partition coefficient (Wildman–Crippen LogP) is 5.63. The van der Waals surface area contributed by atoms with Gasteiger partial charge in [0.15, 0.2) is 0 Å². The minimum Gasteiger partial charge on any atom is -0.488 e. The van der Waals surface area contributed by atoms with Crippen LogP contribution in [0.3, 0.4) is 0 Å². The van der Waals surface area contributed by atoms with Crippen LogP contribution in [0.2, 0.25) is 0 Å². The Kier molecular flexibility index (Phi) is 5.96. The van der Waals surface area contributed by atoms with Crippen LogP contribution in [0.1, 0.15) is 27.7 Å². The number of ether oxygens (including phenoxy) is 2. The zero-order valence-corrected chi connectivity index (χ0v) is 18.5. The van der Waals surface area contributed by atoms with Gasteiger partial charge < -0.3 is 19.7 Å². The highest BCUT2D eigenvalue weighted by molar-refractivity contribution is 6.02. The topological polar surface area (TPSA) is 50.8 Å². The van der Waals surface area contributed by atoms with Crippen molar-refractivity contribution in [2.75, 3.05) is 25.6 Å². The lowest BCUT2D eigenvalue weighted by Gasteiger charge is -2.39. The Morgan fingerprint density at radius 1 is 0.879 bits per heavy atom. The lowest BCUT2D eigenvalue weighted by Crippen LogP contribution is -2.44. The summed E-state index contributed by atoms with van der Waals surface area (Å²) in [5.74, 6) is 0.734. The highest BCUT2D eigenvalue weighted by atomic mass is 16.5. The SMILES string of the molecule is COCCN1C(=O)c2ccccc2NC1c1c(OCc2ccccc2)ccc2ccccc12. The van der Waals surface area contributed by atoms with Crippen molar-refractivity contribution in [1.29, 1.82) is 0 Å². The first kappa shape index (κ1) is 21.0. The molecule has 0 saturated carbocycles. The first-order valence-corrected chi connectivity index (χ1v) is 11.1. The molecule has 0 bridgehead atoms. The second-order valence-electron chi connectivity index (χ2n) is 8.06. The van der Waals surface area contributed by atoms with E-state index in [4.69, 9.17) is 9.47 Å². The van der Waals surface area contributed by atoms with E-state index in [0.717, 1.165) is 33.3 Å². The smallest absolute Gasteiger partial charge is 0.257 e. The molecule has 1 N–H and O–H groups in total. The van der Waals surface area contributed by atoms with Crippen LogP contribution in [-0.2, 0) is 11.3 Å². The Morgan fingerprint density at radius 3 is 2.48 bits per heavy atom. The molecule has 166 valence electrons. The summed E-state index contributed by atoms with van der Waals surface area (Å²) < 4.78 is 11.7. The molecule has 0 spiro atoms. The summed E-state index contributed by atoms with van der Waals surface area (Å²) in [5.41, 5.74) is 3.52. The molecule has 1 aliphatic heterocycles. The third-order valence-corrected chi connectivity index (χ3v) is 6.00. The van der Waals surface area contributed by atoms with Gasteiger partial charge in [-0.25, -0.2) is 0 Å².